The molecule has 2 aliphatic heterocycles. The number of carbonyl (C=O) groups excluding carboxylic acids is 1. The van der Waals surface area contributed by atoms with Gasteiger partial charge in [0.25, 0.3) is 5.69 Å². The van der Waals surface area contributed by atoms with E-state index < -0.39 is 16.6 Å². The standard InChI is InChI=1S/C21H32N4O4/c1-21(2,3)29-20(26)22-18-15-17(7-8-19(18)25(27)28)24-13-9-16(10-14-24)23-11-5-4-6-12-23/h7-8,15-16H,4-6,9-14H2,1-3H3,(H,22,26). The van der Waals surface area contributed by atoms with Crippen LogP contribution >= 0.6 is 0 Å². The maximum absolute atomic E-state index is 12.1. The van der Waals surface area contributed by atoms with Gasteiger partial charge in [-0.15, -0.1) is 0 Å². The number of amides is 1. The van der Waals surface area contributed by atoms with Crippen LogP contribution in [0.1, 0.15) is 52.9 Å². The van der Waals surface area contributed by atoms with E-state index in [4.69, 9.17) is 4.74 Å². The summed E-state index contributed by atoms with van der Waals surface area (Å²) in [5.74, 6) is 0. The first-order chi connectivity index (χ1) is 13.7. The molecular formula is C21H32N4O4. The summed E-state index contributed by atoms with van der Waals surface area (Å²) in [6, 6.07) is 5.53. The second kappa shape index (κ2) is 8.98. The second-order valence-corrected chi connectivity index (χ2v) is 8.90. The van der Waals surface area contributed by atoms with E-state index in [0.29, 0.717) is 6.04 Å². The molecule has 1 aromatic rings. The maximum atomic E-state index is 12.1. The molecule has 2 heterocycles. The number of benzene rings is 1. The Bertz CT molecular complexity index is 733. The van der Waals surface area contributed by atoms with Crippen molar-refractivity contribution in [1.29, 1.82) is 0 Å². The van der Waals surface area contributed by atoms with Crippen molar-refractivity contribution < 1.29 is 14.5 Å². The Labute approximate surface area is 172 Å². The molecule has 8 heteroatoms. The van der Waals surface area contributed by atoms with E-state index in [-0.39, 0.29) is 11.4 Å². The lowest BCUT2D eigenvalue weighted by molar-refractivity contribution is -0.383. The molecule has 1 amide bonds. The number of nitro benzene ring substituents is 1. The van der Waals surface area contributed by atoms with E-state index in [1.165, 1.54) is 38.4 Å². The molecule has 3 rings (SSSR count). The highest BCUT2D eigenvalue weighted by Crippen LogP contribution is 2.32. The van der Waals surface area contributed by atoms with Gasteiger partial charge in [0.05, 0.1) is 4.92 Å². The van der Waals surface area contributed by atoms with Crippen molar-refractivity contribution in [3.05, 3.63) is 28.3 Å². The van der Waals surface area contributed by atoms with Crippen LogP contribution in [0.3, 0.4) is 0 Å². The first-order valence-corrected chi connectivity index (χ1v) is 10.5. The average Bonchev–Trinajstić information content (AvgIpc) is 2.67. The maximum Gasteiger partial charge on any atom is 0.412 e. The van der Waals surface area contributed by atoms with Gasteiger partial charge >= 0.3 is 6.09 Å². The third-order valence-electron chi connectivity index (χ3n) is 5.55. The molecule has 2 saturated heterocycles. The zero-order valence-corrected chi connectivity index (χ0v) is 17.6. The fourth-order valence-electron chi connectivity index (χ4n) is 4.17. The van der Waals surface area contributed by atoms with Crippen LogP contribution in [0.4, 0.5) is 21.9 Å². The van der Waals surface area contributed by atoms with Crippen molar-refractivity contribution in [2.24, 2.45) is 0 Å². The number of nitro groups is 1. The highest BCUT2D eigenvalue weighted by molar-refractivity contribution is 5.89. The average molecular weight is 405 g/mol. The molecule has 2 aliphatic rings. The third-order valence-corrected chi connectivity index (χ3v) is 5.55. The first kappa shape index (κ1) is 21.4. The molecule has 2 fully saturated rings. The number of ether oxygens (including phenoxy) is 1. The lowest BCUT2D eigenvalue weighted by atomic mass is 9.99. The number of nitrogens with zero attached hydrogens (tertiary/aromatic N) is 3. The fourth-order valence-corrected chi connectivity index (χ4v) is 4.17. The molecule has 0 saturated carbocycles. The van der Waals surface area contributed by atoms with E-state index >= 15 is 0 Å². The van der Waals surface area contributed by atoms with E-state index in [9.17, 15) is 14.9 Å². The summed E-state index contributed by atoms with van der Waals surface area (Å²) in [4.78, 5) is 27.9. The second-order valence-electron chi connectivity index (χ2n) is 8.90. The summed E-state index contributed by atoms with van der Waals surface area (Å²) in [5.41, 5.74) is 0.244. The molecule has 29 heavy (non-hydrogen) atoms. The molecule has 160 valence electrons. The Balaban J connectivity index is 1.68. The summed E-state index contributed by atoms with van der Waals surface area (Å²) in [6.07, 6.45) is 5.41. The smallest absolute Gasteiger partial charge is 0.412 e. The summed E-state index contributed by atoms with van der Waals surface area (Å²) in [7, 11) is 0. The van der Waals surface area contributed by atoms with E-state index in [2.05, 4.69) is 15.1 Å². The van der Waals surface area contributed by atoms with Gasteiger partial charge < -0.3 is 14.5 Å². The summed E-state index contributed by atoms with van der Waals surface area (Å²) < 4.78 is 5.25. The Morgan fingerprint density at radius 3 is 2.38 bits per heavy atom. The predicted octanol–water partition coefficient (Wildman–Crippen LogP) is 4.40. The molecule has 0 atom stereocenters. The van der Waals surface area contributed by atoms with Crippen LogP contribution in [0.5, 0.6) is 0 Å². The van der Waals surface area contributed by atoms with E-state index in [0.717, 1.165) is 31.6 Å². The predicted molar refractivity (Wildman–Crippen MR) is 114 cm³/mol. The topological polar surface area (TPSA) is 88.0 Å². The van der Waals surface area contributed by atoms with Gasteiger partial charge in [0.1, 0.15) is 11.3 Å². The SMILES string of the molecule is CC(C)(C)OC(=O)Nc1cc(N2CCC(N3CCCCC3)CC2)ccc1[N+](=O)[O-]. The van der Waals surface area contributed by atoms with Crippen LogP contribution in [0.2, 0.25) is 0 Å². The molecule has 1 N–H and O–H groups in total. The molecule has 0 aliphatic carbocycles. The van der Waals surface area contributed by atoms with Crippen molar-refractivity contribution in [1.82, 2.24) is 4.90 Å². The summed E-state index contributed by atoms with van der Waals surface area (Å²) >= 11 is 0. The van der Waals surface area contributed by atoms with E-state index in [1.807, 2.05) is 0 Å². The third kappa shape index (κ3) is 5.82. The Hall–Kier alpha value is -2.35. The number of rotatable bonds is 4. The highest BCUT2D eigenvalue weighted by atomic mass is 16.6. The Kier molecular flexibility index (Phi) is 6.62. The number of likely N-dealkylation sites (tertiary alicyclic amines) is 1. The quantitative estimate of drug-likeness (QED) is 0.591. The number of hydrogen-bond acceptors (Lipinski definition) is 6. The van der Waals surface area contributed by atoms with Gasteiger partial charge in [0, 0.05) is 30.9 Å². The zero-order chi connectivity index (χ0) is 21.0. The molecule has 0 unspecified atom stereocenters. The molecule has 0 bridgehead atoms. The van der Waals surface area contributed by atoms with Gasteiger partial charge in [-0.25, -0.2) is 4.79 Å². The van der Waals surface area contributed by atoms with Crippen molar-refractivity contribution in [2.45, 2.75) is 64.5 Å². The molecule has 0 spiro atoms. The number of piperidine rings is 2. The Morgan fingerprint density at radius 2 is 1.79 bits per heavy atom. The zero-order valence-electron chi connectivity index (χ0n) is 17.6. The van der Waals surface area contributed by atoms with Crippen LogP contribution in [-0.2, 0) is 4.74 Å². The molecule has 0 aromatic heterocycles. The van der Waals surface area contributed by atoms with Gasteiger partial charge in [0.15, 0.2) is 0 Å². The minimum absolute atomic E-state index is 0.136. The van der Waals surface area contributed by atoms with Crippen molar-refractivity contribution in [2.75, 3.05) is 36.4 Å². The highest BCUT2D eigenvalue weighted by Gasteiger charge is 2.27. The fraction of sp³-hybridized carbons (Fsp3) is 0.667. The van der Waals surface area contributed by atoms with Gasteiger partial charge in [-0.05, 0) is 71.7 Å². The van der Waals surface area contributed by atoms with Crippen LogP contribution in [0.25, 0.3) is 0 Å². The minimum atomic E-state index is -0.693. The Morgan fingerprint density at radius 1 is 1.14 bits per heavy atom. The molecular weight excluding hydrogens is 372 g/mol. The van der Waals surface area contributed by atoms with Crippen molar-refractivity contribution in [3.8, 4) is 0 Å². The largest absolute Gasteiger partial charge is 0.444 e. The van der Waals surface area contributed by atoms with Gasteiger partial charge in [0.2, 0.25) is 0 Å². The lowest BCUT2D eigenvalue weighted by Crippen LogP contribution is -2.46. The van der Waals surface area contributed by atoms with Crippen LogP contribution in [-0.4, -0.2) is 53.7 Å². The monoisotopic (exact) mass is 404 g/mol. The summed E-state index contributed by atoms with van der Waals surface area (Å²) in [6.45, 7) is 9.48. The van der Waals surface area contributed by atoms with Crippen molar-refractivity contribution >= 4 is 23.2 Å². The number of nitrogens with one attached hydrogen (secondary N) is 1. The van der Waals surface area contributed by atoms with Crippen molar-refractivity contribution in [3.63, 3.8) is 0 Å². The number of hydrogen-bond donors (Lipinski definition) is 1. The summed E-state index contributed by atoms with van der Waals surface area (Å²) in [5, 5.41) is 13.9. The van der Waals surface area contributed by atoms with Gasteiger partial charge in [-0.2, -0.15) is 0 Å². The van der Waals surface area contributed by atoms with E-state index in [1.54, 1.807) is 32.9 Å². The van der Waals surface area contributed by atoms with Crippen LogP contribution < -0.4 is 10.2 Å². The number of carbonyl (C=O) groups is 1. The molecule has 8 nitrogen and oxygen atoms in total. The molecule has 1 aromatic carbocycles. The lowest BCUT2D eigenvalue weighted by Gasteiger charge is -2.41. The van der Waals surface area contributed by atoms with Gasteiger partial charge in [-0.1, -0.05) is 6.42 Å². The minimum Gasteiger partial charge on any atom is -0.444 e. The van der Waals surface area contributed by atoms with Crippen LogP contribution in [0.15, 0.2) is 18.2 Å². The number of anilines is 2. The normalized spacial score (nSPS) is 19.1. The first-order valence-electron chi connectivity index (χ1n) is 10.5. The van der Waals surface area contributed by atoms with Gasteiger partial charge in [-0.3, -0.25) is 15.4 Å². The molecule has 0 radical (unpaired) electrons. The van der Waals surface area contributed by atoms with Crippen LogP contribution in [0, 0.1) is 10.1 Å².